The minimum Gasteiger partial charge on any atom is -0.386 e. The summed E-state index contributed by atoms with van der Waals surface area (Å²) in [6.07, 6.45) is 4.58. The number of aliphatic hydroxyl groups is 1. The predicted octanol–water partition coefficient (Wildman–Crippen LogP) is 0.837. The number of β-amino-alcohol motifs (C(OH)–C–C–N with tert-alkyl or cyclic N) is 1. The van der Waals surface area contributed by atoms with Gasteiger partial charge in [0.2, 0.25) is 0 Å². The van der Waals surface area contributed by atoms with Crippen molar-refractivity contribution in [2.75, 3.05) is 44.8 Å². The fourth-order valence-electron chi connectivity index (χ4n) is 3.42. The number of anilines is 1. The highest BCUT2D eigenvalue weighted by Crippen LogP contribution is 2.24. The fraction of sp³-hybridized carbons (Fsp3) is 0.750. The summed E-state index contributed by atoms with van der Waals surface area (Å²) in [5.74, 6) is 0.994. The van der Waals surface area contributed by atoms with Crippen molar-refractivity contribution in [3.63, 3.8) is 0 Å². The Bertz CT molecular complexity index is 497. The molecule has 22 heavy (non-hydrogen) atoms. The predicted molar refractivity (Wildman–Crippen MR) is 85.0 cm³/mol. The number of piperidine rings is 1. The van der Waals surface area contributed by atoms with Crippen molar-refractivity contribution in [1.29, 1.82) is 0 Å². The topological polar surface area (TPSA) is 61.7 Å². The Labute approximate surface area is 132 Å². The SMILES string of the molecule is Cc1cc(N(C)C2CCN(CC3(O)CCOC3)CC2)ncn1. The van der Waals surface area contributed by atoms with Gasteiger partial charge in [-0.05, 0) is 19.8 Å². The number of hydrogen-bond acceptors (Lipinski definition) is 6. The Balaban J connectivity index is 1.53. The number of ether oxygens (including phenoxy) is 1. The van der Waals surface area contributed by atoms with Crippen LogP contribution in [-0.2, 0) is 4.74 Å². The van der Waals surface area contributed by atoms with Gasteiger partial charge in [-0.1, -0.05) is 0 Å². The second-order valence-corrected chi connectivity index (χ2v) is 6.66. The van der Waals surface area contributed by atoms with E-state index in [1.807, 2.05) is 13.0 Å². The molecule has 6 heteroatoms. The lowest BCUT2D eigenvalue weighted by atomic mass is 9.98. The Morgan fingerprint density at radius 1 is 1.41 bits per heavy atom. The second-order valence-electron chi connectivity index (χ2n) is 6.66. The number of likely N-dealkylation sites (tertiary alicyclic amines) is 1. The molecular formula is C16H26N4O2. The van der Waals surface area contributed by atoms with Crippen molar-refractivity contribution < 1.29 is 9.84 Å². The summed E-state index contributed by atoms with van der Waals surface area (Å²) in [5.41, 5.74) is 0.362. The third kappa shape index (κ3) is 3.56. The van der Waals surface area contributed by atoms with Gasteiger partial charge in [0.15, 0.2) is 0 Å². The lowest BCUT2D eigenvalue weighted by Crippen LogP contribution is -2.49. The van der Waals surface area contributed by atoms with Gasteiger partial charge in [-0.25, -0.2) is 9.97 Å². The molecular weight excluding hydrogens is 280 g/mol. The molecule has 0 aliphatic carbocycles. The van der Waals surface area contributed by atoms with Gasteiger partial charge in [-0.3, -0.25) is 0 Å². The zero-order chi connectivity index (χ0) is 15.6. The average Bonchev–Trinajstić information content (AvgIpc) is 2.93. The van der Waals surface area contributed by atoms with Crippen molar-refractivity contribution in [3.8, 4) is 0 Å². The minimum atomic E-state index is -0.636. The van der Waals surface area contributed by atoms with Crippen LogP contribution < -0.4 is 4.90 Å². The molecule has 0 saturated carbocycles. The monoisotopic (exact) mass is 306 g/mol. The molecule has 3 heterocycles. The molecule has 2 fully saturated rings. The van der Waals surface area contributed by atoms with E-state index in [1.54, 1.807) is 6.33 Å². The molecule has 2 saturated heterocycles. The van der Waals surface area contributed by atoms with Crippen molar-refractivity contribution in [2.45, 2.75) is 37.8 Å². The molecule has 0 spiro atoms. The van der Waals surface area contributed by atoms with Crippen LogP contribution in [0.1, 0.15) is 25.0 Å². The van der Waals surface area contributed by atoms with E-state index in [9.17, 15) is 5.11 Å². The number of nitrogens with zero attached hydrogens (tertiary/aromatic N) is 4. The Kier molecular flexibility index (Phi) is 4.61. The standard InChI is InChI=1S/C16H26N4O2/c1-13-9-15(18-12-17-13)19(2)14-3-6-20(7-4-14)10-16(21)5-8-22-11-16/h9,12,14,21H,3-8,10-11H2,1-2H3. The van der Waals surface area contributed by atoms with Crippen molar-refractivity contribution in [3.05, 3.63) is 18.1 Å². The molecule has 1 unspecified atom stereocenters. The first-order valence-electron chi connectivity index (χ1n) is 8.10. The van der Waals surface area contributed by atoms with E-state index >= 15 is 0 Å². The fourth-order valence-corrected chi connectivity index (χ4v) is 3.42. The third-order valence-corrected chi connectivity index (χ3v) is 4.86. The molecule has 6 nitrogen and oxygen atoms in total. The quantitative estimate of drug-likeness (QED) is 0.889. The van der Waals surface area contributed by atoms with E-state index < -0.39 is 5.60 Å². The minimum absolute atomic E-state index is 0.479. The highest BCUT2D eigenvalue weighted by molar-refractivity contribution is 5.39. The maximum absolute atomic E-state index is 10.4. The van der Waals surface area contributed by atoms with Crippen LogP contribution in [0.15, 0.2) is 12.4 Å². The van der Waals surface area contributed by atoms with E-state index in [-0.39, 0.29) is 0 Å². The lowest BCUT2D eigenvalue weighted by Gasteiger charge is -2.39. The van der Waals surface area contributed by atoms with Gasteiger partial charge >= 0.3 is 0 Å². The highest BCUT2D eigenvalue weighted by atomic mass is 16.5. The maximum atomic E-state index is 10.4. The van der Waals surface area contributed by atoms with Crippen LogP contribution >= 0.6 is 0 Å². The molecule has 1 aromatic heterocycles. The van der Waals surface area contributed by atoms with Gasteiger partial charge in [-0.2, -0.15) is 0 Å². The summed E-state index contributed by atoms with van der Waals surface area (Å²) >= 11 is 0. The molecule has 0 amide bonds. The molecule has 0 bridgehead atoms. The summed E-state index contributed by atoms with van der Waals surface area (Å²) in [4.78, 5) is 13.2. The van der Waals surface area contributed by atoms with Crippen molar-refractivity contribution in [1.82, 2.24) is 14.9 Å². The van der Waals surface area contributed by atoms with E-state index in [4.69, 9.17) is 4.74 Å². The molecule has 1 aromatic rings. The molecule has 1 atom stereocenters. The summed E-state index contributed by atoms with van der Waals surface area (Å²) < 4.78 is 5.33. The molecule has 122 valence electrons. The number of rotatable bonds is 4. The molecule has 3 rings (SSSR count). The first-order chi connectivity index (χ1) is 10.6. The summed E-state index contributed by atoms with van der Waals surface area (Å²) in [5, 5.41) is 10.4. The Hall–Kier alpha value is -1.24. The van der Waals surface area contributed by atoms with Crippen molar-refractivity contribution in [2.24, 2.45) is 0 Å². The van der Waals surface area contributed by atoms with Gasteiger partial charge in [0, 0.05) is 57.5 Å². The average molecular weight is 306 g/mol. The Morgan fingerprint density at radius 3 is 2.82 bits per heavy atom. The van der Waals surface area contributed by atoms with Gasteiger partial charge in [0.05, 0.1) is 6.61 Å². The van der Waals surface area contributed by atoms with Crippen LogP contribution in [0.5, 0.6) is 0 Å². The molecule has 0 aromatic carbocycles. The third-order valence-electron chi connectivity index (χ3n) is 4.86. The van der Waals surface area contributed by atoms with Gasteiger partial charge in [0.25, 0.3) is 0 Å². The number of hydrogen-bond donors (Lipinski definition) is 1. The normalized spacial score (nSPS) is 27.2. The van der Waals surface area contributed by atoms with Crippen LogP contribution in [-0.4, -0.2) is 71.5 Å². The largest absolute Gasteiger partial charge is 0.386 e. The van der Waals surface area contributed by atoms with Gasteiger partial charge < -0.3 is 19.6 Å². The number of aryl methyl sites for hydroxylation is 1. The zero-order valence-electron chi connectivity index (χ0n) is 13.5. The first-order valence-corrected chi connectivity index (χ1v) is 8.10. The van der Waals surface area contributed by atoms with E-state index in [0.717, 1.165) is 50.4 Å². The summed E-state index contributed by atoms with van der Waals surface area (Å²) in [6.45, 7) is 5.92. The van der Waals surface area contributed by atoms with Crippen LogP contribution in [0.25, 0.3) is 0 Å². The van der Waals surface area contributed by atoms with Crippen molar-refractivity contribution >= 4 is 5.82 Å². The molecule has 0 radical (unpaired) electrons. The lowest BCUT2D eigenvalue weighted by molar-refractivity contribution is -0.00957. The van der Waals surface area contributed by atoms with E-state index in [1.165, 1.54) is 0 Å². The van der Waals surface area contributed by atoms with Gasteiger partial charge in [-0.15, -0.1) is 0 Å². The van der Waals surface area contributed by atoms with Crippen LogP contribution in [0.3, 0.4) is 0 Å². The second kappa shape index (κ2) is 6.48. The van der Waals surface area contributed by atoms with Crippen LogP contribution in [0.4, 0.5) is 5.82 Å². The van der Waals surface area contributed by atoms with Crippen LogP contribution in [0.2, 0.25) is 0 Å². The van der Waals surface area contributed by atoms with Crippen LogP contribution in [0, 0.1) is 6.92 Å². The smallest absolute Gasteiger partial charge is 0.132 e. The van der Waals surface area contributed by atoms with E-state index in [0.29, 0.717) is 19.3 Å². The summed E-state index contributed by atoms with van der Waals surface area (Å²) in [7, 11) is 2.11. The summed E-state index contributed by atoms with van der Waals surface area (Å²) in [6, 6.07) is 2.53. The zero-order valence-corrected chi connectivity index (χ0v) is 13.5. The molecule has 2 aliphatic heterocycles. The van der Waals surface area contributed by atoms with E-state index in [2.05, 4.69) is 26.8 Å². The highest BCUT2D eigenvalue weighted by Gasteiger charge is 2.35. The van der Waals surface area contributed by atoms with Gasteiger partial charge in [0.1, 0.15) is 17.7 Å². The first kappa shape index (κ1) is 15.6. The molecule has 1 N–H and O–H groups in total. The number of aromatic nitrogens is 2. The Morgan fingerprint density at radius 2 is 2.18 bits per heavy atom. The molecule has 2 aliphatic rings. The maximum Gasteiger partial charge on any atom is 0.132 e.